The van der Waals surface area contributed by atoms with Crippen LogP contribution in [0, 0.1) is 0 Å². The molecule has 0 spiro atoms. The number of carbonyl (C=O) groups is 1. The highest BCUT2D eigenvalue weighted by molar-refractivity contribution is 7.99. The van der Waals surface area contributed by atoms with Gasteiger partial charge in [0.1, 0.15) is 0 Å². The molecule has 1 aliphatic heterocycles. The van der Waals surface area contributed by atoms with Crippen LogP contribution >= 0.6 is 11.8 Å². The van der Waals surface area contributed by atoms with E-state index in [0.29, 0.717) is 5.75 Å². The van der Waals surface area contributed by atoms with Gasteiger partial charge in [-0.1, -0.05) is 30.3 Å². The summed E-state index contributed by atoms with van der Waals surface area (Å²) in [6.45, 7) is 1.87. The number of nitrogens with two attached hydrogens (primary N) is 1. The summed E-state index contributed by atoms with van der Waals surface area (Å²) in [5.41, 5.74) is 7.23. The van der Waals surface area contributed by atoms with E-state index in [9.17, 15) is 4.79 Å². The van der Waals surface area contributed by atoms with Gasteiger partial charge >= 0.3 is 0 Å². The van der Waals surface area contributed by atoms with Gasteiger partial charge in [0.2, 0.25) is 5.91 Å². The zero-order chi connectivity index (χ0) is 12.8. The Balaban J connectivity index is 1.70. The number of likely N-dealkylation sites (tertiary alicyclic amines) is 1. The first-order valence-electron chi connectivity index (χ1n) is 6.43. The quantitative estimate of drug-likeness (QED) is 0.885. The number of amides is 1. The normalized spacial score (nSPS) is 16.8. The van der Waals surface area contributed by atoms with Crippen LogP contribution in [0.4, 0.5) is 0 Å². The average Bonchev–Trinajstić information content (AvgIpc) is 2.93. The molecule has 2 rings (SSSR count). The Morgan fingerprint density at radius 1 is 1.28 bits per heavy atom. The Labute approximate surface area is 113 Å². The first-order chi connectivity index (χ1) is 8.77. The van der Waals surface area contributed by atoms with Crippen LogP contribution in [0.15, 0.2) is 30.3 Å². The first-order valence-corrected chi connectivity index (χ1v) is 7.59. The van der Waals surface area contributed by atoms with E-state index in [-0.39, 0.29) is 11.9 Å². The lowest BCUT2D eigenvalue weighted by Crippen LogP contribution is -2.29. The lowest BCUT2D eigenvalue weighted by atomic mass is 10.1. The van der Waals surface area contributed by atoms with Crippen LogP contribution in [-0.2, 0) is 4.79 Å². The van der Waals surface area contributed by atoms with Crippen LogP contribution < -0.4 is 5.73 Å². The second kappa shape index (κ2) is 6.81. The van der Waals surface area contributed by atoms with Crippen LogP contribution in [0.1, 0.15) is 24.4 Å². The molecule has 3 nitrogen and oxygen atoms in total. The van der Waals surface area contributed by atoms with Crippen LogP contribution in [0.2, 0.25) is 0 Å². The fourth-order valence-corrected chi connectivity index (χ4v) is 3.05. The van der Waals surface area contributed by atoms with Gasteiger partial charge in [0, 0.05) is 24.9 Å². The van der Waals surface area contributed by atoms with E-state index in [0.717, 1.165) is 37.2 Å². The zero-order valence-corrected chi connectivity index (χ0v) is 11.4. The van der Waals surface area contributed by atoms with Crippen molar-refractivity contribution in [2.24, 2.45) is 5.73 Å². The Kier molecular flexibility index (Phi) is 5.08. The molecule has 0 aliphatic carbocycles. The molecule has 1 aromatic carbocycles. The van der Waals surface area contributed by atoms with E-state index in [2.05, 4.69) is 0 Å². The molecule has 1 aromatic rings. The maximum absolute atomic E-state index is 11.8. The standard InChI is InChI=1S/C14H20N2OS/c15-13(12-6-2-1-3-7-12)10-18-11-14(17)16-8-4-5-9-16/h1-3,6-7,13H,4-5,8-11,15H2. The van der Waals surface area contributed by atoms with Gasteiger partial charge in [-0.05, 0) is 18.4 Å². The van der Waals surface area contributed by atoms with Crippen LogP contribution in [-0.4, -0.2) is 35.4 Å². The molecule has 1 fully saturated rings. The molecule has 0 saturated carbocycles. The Morgan fingerprint density at radius 2 is 1.94 bits per heavy atom. The minimum absolute atomic E-state index is 0.0163. The average molecular weight is 264 g/mol. The molecule has 1 heterocycles. The third kappa shape index (κ3) is 3.75. The van der Waals surface area contributed by atoms with Gasteiger partial charge in [0.25, 0.3) is 0 Å². The van der Waals surface area contributed by atoms with Gasteiger partial charge in [-0.25, -0.2) is 0 Å². The molecule has 0 radical (unpaired) electrons. The van der Waals surface area contributed by atoms with Crippen LogP contribution in [0.3, 0.4) is 0 Å². The number of hydrogen-bond acceptors (Lipinski definition) is 3. The summed E-state index contributed by atoms with van der Waals surface area (Å²) in [4.78, 5) is 13.8. The van der Waals surface area contributed by atoms with Crippen LogP contribution in [0.5, 0.6) is 0 Å². The third-order valence-electron chi connectivity index (χ3n) is 3.21. The van der Waals surface area contributed by atoms with Crippen molar-refractivity contribution in [1.82, 2.24) is 4.90 Å². The van der Waals surface area contributed by atoms with Crippen molar-refractivity contribution in [2.75, 3.05) is 24.6 Å². The second-order valence-corrected chi connectivity index (χ2v) is 5.65. The molecule has 98 valence electrons. The van der Waals surface area contributed by atoms with Crippen molar-refractivity contribution in [3.8, 4) is 0 Å². The summed E-state index contributed by atoms with van der Waals surface area (Å²) >= 11 is 1.63. The zero-order valence-electron chi connectivity index (χ0n) is 10.5. The van der Waals surface area contributed by atoms with Gasteiger partial charge in [-0.2, -0.15) is 11.8 Å². The van der Waals surface area contributed by atoms with E-state index in [1.54, 1.807) is 11.8 Å². The SMILES string of the molecule is NC(CSCC(=O)N1CCCC1)c1ccccc1. The predicted molar refractivity (Wildman–Crippen MR) is 76.5 cm³/mol. The fourth-order valence-electron chi connectivity index (χ4n) is 2.13. The smallest absolute Gasteiger partial charge is 0.232 e. The van der Waals surface area contributed by atoms with Crippen molar-refractivity contribution in [2.45, 2.75) is 18.9 Å². The fraction of sp³-hybridized carbons (Fsp3) is 0.500. The van der Waals surface area contributed by atoms with Crippen LogP contribution in [0.25, 0.3) is 0 Å². The van der Waals surface area contributed by atoms with Crippen molar-refractivity contribution >= 4 is 17.7 Å². The van der Waals surface area contributed by atoms with E-state index in [1.807, 2.05) is 35.2 Å². The Bertz CT molecular complexity index is 377. The first kappa shape index (κ1) is 13.4. The molecule has 1 unspecified atom stereocenters. The number of nitrogens with zero attached hydrogens (tertiary/aromatic N) is 1. The van der Waals surface area contributed by atoms with Crippen molar-refractivity contribution in [3.63, 3.8) is 0 Å². The molecular weight excluding hydrogens is 244 g/mol. The lowest BCUT2D eigenvalue weighted by molar-refractivity contribution is -0.127. The molecule has 0 bridgehead atoms. The van der Waals surface area contributed by atoms with Crippen molar-refractivity contribution < 1.29 is 4.79 Å². The summed E-state index contributed by atoms with van der Waals surface area (Å²) in [5, 5.41) is 0. The molecule has 2 N–H and O–H groups in total. The topological polar surface area (TPSA) is 46.3 Å². The van der Waals surface area contributed by atoms with E-state index >= 15 is 0 Å². The second-order valence-electron chi connectivity index (χ2n) is 4.62. The summed E-state index contributed by atoms with van der Waals surface area (Å²) in [5.74, 6) is 1.61. The maximum Gasteiger partial charge on any atom is 0.232 e. The molecule has 1 amide bonds. The third-order valence-corrected chi connectivity index (χ3v) is 4.26. The highest BCUT2D eigenvalue weighted by Gasteiger charge is 2.17. The number of benzene rings is 1. The number of carbonyl (C=O) groups excluding carboxylic acids is 1. The number of rotatable bonds is 5. The number of thioether (sulfide) groups is 1. The summed E-state index contributed by atoms with van der Waals surface area (Å²) in [7, 11) is 0. The molecule has 1 saturated heterocycles. The maximum atomic E-state index is 11.8. The highest BCUT2D eigenvalue weighted by Crippen LogP contribution is 2.17. The van der Waals surface area contributed by atoms with Crippen molar-refractivity contribution in [1.29, 1.82) is 0 Å². The molecule has 1 atom stereocenters. The van der Waals surface area contributed by atoms with E-state index in [4.69, 9.17) is 5.73 Å². The van der Waals surface area contributed by atoms with Gasteiger partial charge in [0.15, 0.2) is 0 Å². The predicted octanol–water partition coefficient (Wildman–Crippen LogP) is 2.04. The van der Waals surface area contributed by atoms with Crippen molar-refractivity contribution in [3.05, 3.63) is 35.9 Å². The molecule has 0 aromatic heterocycles. The summed E-state index contributed by atoms with van der Waals surface area (Å²) in [6, 6.07) is 10.1. The minimum atomic E-state index is 0.0163. The summed E-state index contributed by atoms with van der Waals surface area (Å²) in [6.07, 6.45) is 2.31. The summed E-state index contributed by atoms with van der Waals surface area (Å²) < 4.78 is 0. The monoisotopic (exact) mass is 264 g/mol. The van der Waals surface area contributed by atoms with E-state index < -0.39 is 0 Å². The minimum Gasteiger partial charge on any atom is -0.342 e. The molecule has 18 heavy (non-hydrogen) atoms. The molecular formula is C14H20N2OS. The highest BCUT2D eigenvalue weighted by atomic mass is 32.2. The molecule has 4 heteroatoms. The van der Waals surface area contributed by atoms with Gasteiger partial charge < -0.3 is 10.6 Å². The Hall–Kier alpha value is -1.00. The van der Waals surface area contributed by atoms with Gasteiger partial charge in [0.05, 0.1) is 5.75 Å². The molecule has 1 aliphatic rings. The lowest BCUT2D eigenvalue weighted by Gasteiger charge is -2.16. The Morgan fingerprint density at radius 3 is 2.61 bits per heavy atom. The van der Waals surface area contributed by atoms with Gasteiger partial charge in [-0.3, -0.25) is 4.79 Å². The van der Waals surface area contributed by atoms with Gasteiger partial charge in [-0.15, -0.1) is 0 Å². The number of hydrogen-bond donors (Lipinski definition) is 1. The largest absolute Gasteiger partial charge is 0.342 e. The van der Waals surface area contributed by atoms with E-state index in [1.165, 1.54) is 0 Å².